The number of rotatable bonds is 9. The van der Waals surface area contributed by atoms with Gasteiger partial charge in [-0.25, -0.2) is 13.9 Å². The minimum absolute atomic E-state index is 0.0504. The smallest absolute Gasteiger partial charge is 0.271 e. The second kappa shape index (κ2) is 10.5. The summed E-state index contributed by atoms with van der Waals surface area (Å²) >= 11 is 0. The van der Waals surface area contributed by atoms with E-state index in [1.165, 1.54) is 16.8 Å². The zero-order chi connectivity index (χ0) is 25.0. The zero-order valence-electron chi connectivity index (χ0n) is 19.3. The fourth-order valence-corrected chi connectivity index (χ4v) is 5.63. The number of ether oxygens (including phenoxy) is 1. The monoisotopic (exact) mass is 500 g/mol. The van der Waals surface area contributed by atoms with E-state index in [0.29, 0.717) is 30.2 Å². The van der Waals surface area contributed by atoms with Crippen molar-refractivity contribution in [2.24, 2.45) is 0 Å². The van der Waals surface area contributed by atoms with Crippen LogP contribution in [0.3, 0.4) is 0 Å². The lowest BCUT2D eigenvalue weighted by Gasteiger charge is -2.32. The number of hydroxylamine groups is 1. The molecular formula is C24H28N4O6S. The molecule has 3 aromatic rings. The number of aryl methyl sites for hydroxylation is 1. The number of H-pyrrole nitrogens is 1. The molecule has 186 valence electrons. The molecule has 0 aliphatic carbocycles. The topological polar surface area (TPSA) is 134 Å². The average Bonchev–Trinajstić information content (AvgIpc) is 3.20. The van der Waals surface area contributed by atoms with Crippen molar-refractivity contribution in [1.82, 2.24) is 19.6 Å². The number of carbonyl (C=O) groups excluding carboxylic acids is 1. The number of nitrogens with zero attached hydrogens (tertiary/aromatic N) is 2. The fourth-order valence-electron chi connectivity index (χ4n) is 4.07. The number of benzene rings is 2. The number of amides is 1. The van der Waals surface area contributed by atoms with Crippen molar-refractivity contribution in [3.8, 4) is 5.75 Å². The largest absolute Gasteiger partial charge is 0.489 e. The Morgan fingerprint density at radius 1 is 1.17 bits per heavy atom. The Morgan fingerprint density at radius 2 is 1.89 bits per heavy atom. The van der Waals surface area contributed by atoms with Gasteiger partial charge in [0.05, 0.1) is 10.5 Å². The first-order valence-corrected chi connectivity index (χ1v) is 12.8. The lowest BCUT2D eigenvalue weighted by molar-refractivity contribution is -0.133. The molecule has 0 saturated heterocycles. The molecule has 3 N–H and O–H groups in total. The van der Waals surface area contributed by atoms with Crippen LogP contribution in [0.15, 0.2) is 64.3 Å². The summed E-state index contributed by atoms with van der Waals surface area (Å²) in [6.45, 7) is 2.52. The van der Waals surface area contributed by atoms with Gasteiger partial charge in [-0.1, -0.05) is 43.7 Å². The summed E-state index contributed by atoms with van der Waals surface area (Å²) in [7, 11) is -4.17. The molecule has 1 aliphatic rings. The highest BCUT2D eigenvalue weighted by Gasteiger charge is 2.41. The number of aromatic nitrogens is 2. The van der Waals surface area contributed by atoms with Crippen molar-refractivity contribution in [3.63, 3.8) is 0 Å². The average molecular weight is 501 g/mol. The van der Waals surface area contributed by atoms with Crippen LogP contribution >= 0.6 is 0 Å². The molecule has 1 aliphatic heterocycles. The van der Waals surface area contributed by atoms with E-state index in [0.717, 1.165) is 22.7 Å². The second-order valence-electron chi connectivity index (χ2n) is 8.37. The lowest BCUT2D eigenvalue weighted by Crippen LogP contribution is -2.52. The van der Waals surface area contributed by atoms with Gasteiger partial charge in [0.2, 0.25) is 10.0 Å². The lowest BCUT2D eigenvalue weighted by atomic mass is 10.0. The van der Waals surface area contributed by atoms with Gasteiger partial charge in [-0.05, 0) is 36.2 Å². The summed E-state index contributed by atoms with van der Waals surface area (Å²) in [5.41, 5.74) is 3.02. The van der Waals surface area contributed by atoms with Crippen LogP contribution in [-0.4, -0.2) is 39.7 Å². The molecular weight excluding hydrogens is 472 g/mol. The fraction of sp³-hybridized carbons (Fsp3) is 0.333. The molecule has 10 nitrogen and oxygen atoms in total. The molecule has 1 atom stereocenters. The van der Waals surface area contributed by atoms with Gasteiger partial charge in [0.25, 0.3) is 11.5 Å². The van der Waals surface area contributed by atoms with Crippen LogP contribution in [0.25, 0.3) is 0 Å². The van der Waals surface area contributed by atoms with E-state index in [4.69, 9.17) is 4.74 Å². The third-order valence-electron chi connectivity index (χ3n) is 6.02. The van der Waals surface area contributed by atoms with E-state index in [-0.39, 0.29) is 23.4 Å². The molecule has 0 bridgehead atoms. The predicted octanol–water partition coefficient (Wildman–Crippen LogP) is 2.18. The van der Waals surface area contributed by atoms with Crippen LogP contribution in [0.1, 0.15) is 36.6 Å². The van der Waals surface area contributed by atoms with E-state index in [2.05, 4.69) is 5.10 Å². The quantitative estimate of drug-likeness (QED) is 0.305. The van der Waals surface area contributed by atoms with Crippen LogP contribution in [0.4, 0.5) is 0 Å². The SMILES string of the molecule is CCCCn1[nH]c2c(c1=O)CN(S(=O)(=O)c1ccc(OCc3ccccc3)cc1)[C@@H](C(=O)NO)C2. The Hall–Kier alpha value is -3.41. The molecule has 0 fully saturated rings. The standard InChI is InChI=1S/C24H28N4O6S/c1-2-3-13-27-24(30)20-15-28(22(23(29)26-31)14-21(20)25-27)35(32,33)19-11-9-18(10-12-19)34-16-17-7-5-4-6-8-17/h4-12,22,25,31H,2-3,13-16H2,1H3,(H,26,29)/t22-/m1/s1. The first kappa shape index (κ1) is 24.7. The number of unbranched alkanes of at least 4 members (excludes halogenated alkanes) is 1. The van der Waals surface area contributed by atoms with Crippen molar-refractivity contribution in [3.05, 3.63) is 81.8 Å². The van der Waals surface area contributed by atoms with Crippen LogP contribution in [0, 0.1) is 0 Å². The zero-order valence-corrected chi connectivity index (χ0v) is 20.1. The Morgan fingerprint density at radius 3 is 2.54 bits per heavy atom. The Balaban J connectivity index is 1.59. The first-order valence-electron chi connectivity index (χ1n) is 11.4. The minimum atomic E-state index is -4.17. The number of hydrogen-bond acceptors (Lipinski definition) is 6. The van der Waals surface area contributed by atoms with Gasteiger partial charge in [0.1, 0.15) is 18.4 Å². The third-order valence-corrected chi connectivity index (χ3v) is 7.89. The van der Waals surface area contributed by atoms with Crippen molar-refractivity contribution in [2.45, 2.75) is 56.8 Å². The molecule has 0 saturated carbocycles. The minimum Gasteiger partial charge on any atom is -0.489 e. The van der Waals surface area contributed by atoms with Crippen molar-refractivity contribution < 1.29 is 23.2 Å². The van der Waals surface area contributed by atoms with E-state index < -0.39 is 22.0 Å². The molecule has 0 radical (unpaired) electrons. The number of carbonyl (C=O) groups is 1. The molecule has 1 amide bonds. The molecule has 1 aromatic heterocycles. The molecule has 0 unspecified atom stereocenters. The Labute approximate surface area is 203 Å². The molecule has 2 heterocycles. The highest BCUT2D eigenvalue weighted by Crippen LogP contribution is 2.28. The van der Waals surface area contributed by atoms with Gasteiger partial charge < -0.3 is 4.74 Å². The maximum Gasteiger partial charge on any atom is 0.271 e. The van der Waals surface area contributed by atoms with Crippen LogP contribution in [0.2, 0.25) is 0 Å². The molecule has 0 spiro atoms. The first-order chi connectivity index (χ1) is 16.8. The Bertz CT molecular complexity index is 1330. The van der Waals surface area contributed by atoms with E-state index in [1.807, 2.05) is 37.3 Å². The summed E-state index contributed by atoms with van der Waals surface area (Å²) in [4.78, 5) is 25.2. The van der Waals surface area contributed by atoms with Crippen molar-refractivity contribution >= 4 is 15.9 Å². The number of sulfonamides is 1. The van der Waals surface area contributed by atoms with Gasteiger partial charge >= 0.3 is 0 Å². The number of aromatic amines is 1. The van der Waals surface area contributed by atoms with Crippen LogP contribution in [0.5, 0.6) is 5.75 Å². The number of nitrogens with one attached hydrogen (secondary N) is 2. The summed E-state index contributed by atoms with van der Waals surface area (Å²) < 4.78 is 35.2. The summed E-state index contributed by atoms with van der Waals surface area (Å²) in [6, 6.07) is 14.2. The molecule has 11 heteroatoms. The predicted molar refractivity (Wildman–Crippen MR) is 127 cm³/mol. The number of hydrogen-bond donors (Lipinski definition) is 3. The molecule has 2 aromatic carbocycles. The molecule has 35 heavy (non-hydrogen) atoms. The van der Waals surface area contributed by atoms with Gasteiger partial charge in [-0.2, -0.15) is 4.31 Å². The summed E-state index contributed by atoms with van der Waals surface area (Å²) in [6.07, 6.45) is 1.60. The van der Waals surface area contributed by atoms with Gasteiger partial charge in [-0.3, -0.25) is 24.6 Å². The maximum absolute atomic E-state index is 13.5. The maximum atomic E-state index is 13.5. The Kier molecular flexibility index (Phi) is 7.39. The molecule has 4 rings (SSSR count). The van der Waals surface area contributed by atoms with Gasteiger partial charge in [0, 0.05) is 25.2 Å². The van der Waals surface area contributed by atoms with E-state index in [9.17, 15) is 23.2 Å². The summed E-state index contributed by atoms with van der Waals surface area (Å²) in [5.74, 6) is -0.382. The van der Waals surface area contributed by atoms with Gasteiger partial charge in [-0.15, -0.1) is 0 Å². The van der Waals surface area contributed by atoms with Crippen LogP contribution in [-0.2, 0) is 40.9 Å². The van der Waals surface area contributed by atoms with Gasteiger partial charge in [0.15, 0.2) is 0 Å². The van der Waals surface area contributed by atoms with E-state index in [1.54, 1.807) is 17.6 Å². The highest BCUT2D eigenvalue weighted by atomic mass is 32.2. The highest BCUT2D eigenvalue weighted by molar-refractivity contribution is 7.89. The van der Waals surface area contributed by atoms with Crippen LogP contribution < -0.4 is 15.8 Å². The number of fused-ring (bicyclic) bond motifs is 1. The normalized spacial score (nSPS) is 16.0. The van der Waals surface area contributed by atoms with Crippen molar-refractivity contribution in [2.75, 3.05) is 0 Å². The third kappa shape index (κ3) is 5.16. The van der Waals surface area contributed by atoms with E-state index >= 15 is 0 Å². The second-order valence-corrected chi connectivity index (χ2v) is 10.3. The van der Waals surface area contributed by atoms with Crippen molar-refractivity contribution in [1.29, 1.82) is 0 Å². The summed E-state index contributed by atoms with van der Waals surface area (Å²) in [5, 5.41) is 12.2.